The Morgan fingerprint density at radius 2 is 2.05 bits per heavy atom. The lowest BCUT2D eigenvalue weighted by molar-refractivity contribution is -0.132. The third-order valence-corrected chi connectivity index (χ3v) is 3.58. The molecular formula is C16H22N2O2. The predicted octanol–water partition coefficient (Wildman–Crippen LogP) is 2.75. The zero-order valence-electron chi connectivity index (χ0n) is 12.4. The van der Waals surface area contributed by atoms with Gasteiger partial charge in [-0.05, 0) is 19.4 Å². The fourth-order valence-electron chi connectivity index (χ4n) is 2.32. The number of hydrogen-bond donors (Lipinski definition) is 0. The van der Waals surface area contributed by atoms with Crippen LogP contribution in [-0.4, -0.2) is 35.7 Å². The number of nitrogens with zero attached hydrogens (tertiary/aromatic N) is 2. The van der Waals surface area contributed by atoms with E-state index in [2.05, 4.69) is 36.3 Å². The van der Waals surface area contributed by atoms with Gasteiger partial charge in [0.1, 0.15) is 0 Å². The van der Waals surface area contributed by atoms with Gasteiger partial charge in [-0.2, -0.15) is 0 Å². The molecule has 1 atom stereocenters. The van der Waals surface area contributed by atoms with Crippen LogP contribution in [0.5, 0.6) is 0 Å². The first-order chi connectivity index (χ1) is 9.63. The van der Waals surface area contributed by atoms with Gasteiger partial charge in [0.05, 0.1) is 12.3 Å². The van der Waals surface area contributed by atoms with Gasteiger partial charge >= 0.3 is 0 Å². The Kier molecular flexibility index (Phi) is 4.77. The molecule has 1 aliphatic heterocycles. The van der Waals surface area contributed by atoms with Gasteiger partial charge in [0.15, 0.2) is 6.10 Å². The predicted molar refractivity (Wildman–Crippen MR) is 79.8 cm³/mol. The van der Waals surface area contributed by atoms with Gasteiger partial charge in [0.25, 0.3) is 0 Å². The molecule has 0 spiro atoms. The van der Waals surface area contributed by atoms with Crippen molar-refractivity contribution in [3.63, 3.8) is 0 Å². The van der Waals surface area contributed by atoms with Crippen LogP contribution in [0, 0.1) is 6.92 Å². The molecule has 108 valence electrons. The van der Waals surface area contributed by atoms with Crippen molar-refractivity contribution in [3.05, 3.63) is 35.4 Å². The quantitative estimate of drug-likeness (QED) is 0.828. The van der Waals surface area contributed by atoms with Crippen LogP contribution in [0.4, 0.5) is 0 Å². The van der Waals surface area contributed by atoms with Crippen LogP contribution in [0.3, 0.4) is 0 Å². The smallest absolute Gasteiger partial charge is 0.222 e. The summed E-state index contributed by atoms with van der Waals surface area (Å²) in [7, 11) is 0. The first-order valence-electron chi connectivity index (χ1n) is 7.21. The van der Waals surface area contributed by atoms with Gasteiger partial charge in [-0.3, -0.25) is 4.79 Å². The van der Waals surface area contributed by atoms with Crippen molar-refractivity contribution in [3.8, 4) is 0 Å². The van der Waals surface area contributed by atoms with Crippen LogP contribution in [-0.2, 0) is 9.63 Å². The van der Waals surface area contributed by atoms with Crippen LogP contribution >= 0.6 is 0 Å². The second-order valence-corrected chi connectivity index (χ2v) is 5.12. The molecule has 1 aromatic rings. The lowest BCUT2D eigenvalue weighted by Gasteiger charge is -2.22. The molecule has 0 aromatic heterocycles. The monoisotopic (exact) mass is 274 g/mol. The van der Waals surface area contributed by atoms with Crippen molar-refractivity contribution in [1.82, 2.24) is 4.90 Å². The summed E-state index contributed by atoms with van der Waals surface area (Å²) < 4.78 is 0. The van der Waals surface area contributed by atoms with Gasteiger partial charge < -0.3 is 9.74 Å². The third-order valence-electron chi connectivity index (χ3n) is 3.58. The van der Waals surface area contributed by atoms with E-state index in [1.165, 1.54) is 5.56 Å². The van der Waals surface area contributed by atoms with Crippen LogP contribution in [0.15, 0.2) is 29.4 Å². The number of oxime groups is 1. The number of carbonyl (C=O) groups is 1. The van der Waals surface area contributed by atoms with Crippen molar-refractivity contribution >= 4 is 11.6 Å². The summed E-state index contributed by atoms with van der Waals surface area (Å²) in [6, 6.07) is 8.28. The molecule has 0 radical (unpaired) electrons. The fraction of sp³-hybridized carbons (Fsp3) is 0.500. The zero-order valence-corrected chi connectivity index (χ0v) is 12.4. The molecule has 0 fully saturated rings. The highest BCUT2D eigenvalue weighted by Gasteiger charge is 2.25. The molecular weight excluding hydrogens is 252 g/mol. The van der Waals surface area contributed by atoms with E-state index in [-0.39, 0.29) is 12.0 Å². The highest BCUT2D eigenvalue weighted by molar-refractivity contribution is 6.01. The van der Waals surface area contributed by atoms with Gasteiger partial charge in [-0.1, -0.05) is 41.9 Å². The maximum Gasteiger partial charge on any atom is 0.222 e. The molecule has 1 aromatic carbocycles. The van der Waals surface area contributed by atoms with E-state index in [0.717, 1.165) is 17.7 Å². The molecule has 4 heteroatoms. The molecule has 0 bridgehead atoms. The maximum atomic E-state index is 11.8. The number of rotatable bonds is 5. The minimum atomic E-state index is -0.0262. The van der Waals surface area contributed by atoms with Crippen LogP contribution in [0.1, 0.15) is 37.8 Å². The summed E-state index contributed by atoms with van der Waals surface area (Å²) in [5.41, 5.74) is 3.30. The Bertz CT molecular complexity index is 494. The fourth-order valence-corrected chi connectivity index (χ4v) is 2.32. The summed E-state index contributed by atoms with van der Waals surface area (Å²) in [6.45, 7) is 7.27. The number of carbonyl (C=O) groups excluding carboxylic acids is 1. The second kappa shape index (κ2) is 6.55. The largest absolute Gasteiger partial charge is 0.390 e. The molecule has 2 rings (SSSR count). The number of aryl methyl sites for hydroxylation is 1. The van der Waals surface area contributed by atoms with Gasteiger partial charge in [0, 0.05) is 19.4 Å². The van der Waals surface area contributed by atoms with E-state index in [0.29, 0.717) is 19.5 Å². The standard InChI is InChI=1S/C16H22N2O2/c1-4-16(19)18(5-2)11-14-10-15(17-20-14)13-8-6-12(3)7-9-13/h6-9,14H,4-5,10-11H2,1-3H3/t14-/m1/s1. The summed E-state index contributed by atoms with van der Waals surface area (Å²) in [5.74, 6) is 0.167. The van der Waals surface area contributed by atoms with Gasteiger partial charge in [-0.15, -0.1) is 0 Å². The van der Waals surface area contributed by atoms with E-state index < -0.39 is 0 Å². The van der Waals surface area contributed by atoms with E-state index in [9.17, 15) is 4.79 Å². The Morgan fingerprint density at radius 3 is 2.65 bits per heavy atom. The maximum absolute atomic E-state index is 11.8. The summed E-state index contributed by atoms with van der Waals surface area (Å²) in [4.78, 5) is 19.1. The Morgan fingerprint density at radius 1 is 1.35 bits per heavy atom. The van der Waals surface area contributed by atoms with Crippen molar-refractivity contribution < 1.29 is 9.63 Å². The van der Waals surface area contributed by atoms with Crippen LogP contribution < -0.4 is 0 Å². The normalized spacial score (nSPS) is 17.6. The first-order valence-corrected chi connectivity index (χ1v) is 7.21. The second-order valence-electron chi connectivity index (χ2n) is 5.12. The van der Waals surface area contributed by atoms with Crippen LogP contribution in [0.2, 0.25) is 0 Å². The highest BCUT2D eigenvalue weighted by atomic mass is 16.6. The third kappa shape index (κ3) is 3.38. The molecule has 1 aliphatic rings. The minimum Gasteiger partial charge on any atom is -0.390 e. The number of hydrogen-bond acceptors (Lipinski definition) is 3. The molecule has 1 heterocycles. The van der Waals surface area contributed by atoms with Crippen molar-refractivity contribution in [2.45, 2.75) is 39.7 Å². The molecule has 1 amide bonds. The highest BCUT2D eigenvalue weighted by Crippen LogP contribution is 2.18. The zero-order chi connectivity index (χ0) is 14.5. The average Bonchev–Trinajstić information content (AvgIpc) is 2.93. The molecule has 0 saturated heterocycles. The average molecular weight is 274 g/mol. The van der Waals surface area contributed by atoms with Crippen molar-refractivity contribution in [2.24, 2.45) is 5.16 Å². The van der Waals surface area contributed by atoms with Gasteiger partial charge in [-0.25, -0.2) is 0 Å². The van der Waals surface area contributed by atoms with E-state index in [4.69, 9.17) is 4.84 Å². The molecule has 20 heavy (non-hydrogen) atoms. The lowest BCUT2D eigenvalue weighted by atomic mass is 10.0. The molecule has 0 aliphatic carbocycles. The summed E-state index contributed by atoms with van der Waals surface area (Å²) in [6.07, 6.45) is 1.27. The lowest BCUT2D eigenvalue weighted by Crippen LogP contribution is -2.37. The van der Waals surface area contributed by atoms with Gasteiger partial charge in [0.2, 0.25) is 5.91 Å². The summed E-state index contributed by atoms with van der Waals surface area (Å²) >= 11 is 0. The Hall–Kier alpha value is -1.84. The molecule has 0 N–H and O–H groups in total. The number of amides is 1. The van der Waals surface area contributed by atoms with Crippen LogP contribution in [0.25, 0.3) is 0 Å². The van der Waals surface area contributed by atoms with E-state index in [1.54, 1.807) is 0 Å². The first kappa shape index (κ1) is 14.6. The Labute approximate surface area is 120 Å². The molecule has 0 saturated carbocycles. The number of benzene rings is 1. The number of likely N-dealkylation sites (N-methyl/N-ethyl adjacent to an activating group) is 1. The minimum absolute atomic E-state index is 0.0262. The van der Waals surface area contributed by atoms with E-state index in [1.807, 2.05) is 18.7 Å². The topological polar surface area (TPSA) is 41.9 Å². The van der Waals surface area contributed by atoms with E-state index >= 15 is 0 Å². The van der Waals surface area contributed by atoms with Crippen molar-refractivity contribution in [1.29, 1.82) is 0 Å². The Balaban J connectivity index is 1.94. The molecule has 4 nitrogen and oxygen atoms in total. The van der Waals surface area contributed by atoms with Crippen molar-refractivity contribution in [2.75, 3.05) is 13.1 Å². The molecule has 0 unspecified atom stereocenters. The summed E-state index contributed by atoms with van der Waals surface area (Å²) in [5, 5.41) is 4.17. The SMILES string of the molecule is CCC(=O)N(CC)C[C@H]1CC(c2ccc(C)cc2)=NO1.